The Hall–Kier alpha value is -2.67. The van der Waals surface area contributed by atoms with E-state index >= 15 is 0 Å². The fourth-order valence-electron chi connectivity index (χ4n) is 4.43. The van der Waals surface area contributed by atoms with Crippen molar-refractivity contribution in [3.63, 3.8) is 0 Å². The maximum atomic E-state index is 12.8. The third kappa shape index (κ3) is 5.77. The molecule has 0 bridgehead atoms. The van der Waals surface area contributed by atoms with Gasteiger partial charge in [-0.15, -0.1) is 0 Å². The minimum atomic E-state index is -3.83. The Bertz CT molecular complexity index is 1360. The highest BCUT2D eigenvalue weighted by Crippen LogP contribution is 2.32. The summed E-state index contributed by atoms with van der Waals surface area (Å²) in [5.74, 6) is -0.0199. The molecule has 188 valence electrons. The lowest BCUT2D eigenvalue weighted by Gasteiger charge is -2.22. The van der Waals surface area contributed by atoms with E-state index in [4.69, 9.17) is 21.5 Å². The van der Waals surface area contributed by atoms with Gasteiger partial charge in [0.1, 0.15) is 6.61 Å². The average Bonchev–Trinajstić information content (AvgIpc) is 3.35. The third-order valence-electron chi connectivity index (χ3n) is 6.18. The first-order valence-electron chi connectivity index (χ1n) is 10.6. The maximum Gasteiger partial charge on any atom is 0.410 e. The summed E-state index contributed by atoms with van der Waals surface area (Å²) >= 11 is 5.99. The Morgan fingerprint density at radius 3 is 2.06 bits per heavy atom. The van der Waals surface area contributed by atoms with Crippen LogP contribution in [0.5, 0.6) is 0 Å². The molecule has 2 amide bonds. The highest BCUT2D eigenvalue weighted by molar-refractivity contribution is 7.90. The predicted octanol–water partition coefficient (Wildman–Crippen LogP) is 1.73. The number of halogens is 1. The Morgan fingerprint density at radius 2 is 1.51 bits per heavy atom. The summed E-state index contributed by atoms with van der Waals surface area (Å²) in [6.07, 6.45) is 0.558. The summed E-state index contributed by atoms with van der Waals surface area (Å²) < 4.78 is 51.7. The number of benzene rings is 2. The SMILES string of the molecule is CS(=O)(=O)c1cc(Cl)cc(COC(=O)N2C[C@@H]3CN(C(=O)c4ccc(S(N)(=O)=O)cc4)C[C@H]3C2)c1. The summed E-state index contributed by atoms with van der Waals surface area (Å²) in [4.78, 5) is 28.7. The van der Waals surface area contributed by atoms with Crippen molar-refractivity contribution in [1.29, 1.82) is 0 Å². The zero-order valence-electron chi connectivity index (χ0n) is 18.8. The van der Waals surface area contributed by atoms with Crippen molar-refractivity contribution in [2.45, 2.75) is 16.4 Å². The van der Waals surface area contributed by atoms with Crippen LogP contribution in [0.4, 0.5) is 4.79 Å². The molecule has 0 aliphatic carbocycles. The van der Waals surface area contributed by atoms with Crippen molar-refractivity contribution in [3.8, 4) is 0 Å². The van der Waals surface area contributed by atoms with Gasteiger partial charge in [0, 0.05) is 54.9 Å². The molecule has 2 heterocycles. The van der Waals surface area contributed by atoms with Gasteiger partial charge in [-0.2, -0.15) is 0 Å². The number of fused-ring (bicyclic) bond motifs is 1. The summed E-state index contributed by atoms with van der Waals surface area (Å²) in [7, 11) is -7.29. The average molecular weight is 542 g/mol. The molecule has 2 atom stereocenters. The predicted molar refractivity (Wildman–Crippen MR) is 127 cm³/mol. The van der Waals surface area contributed by atoms with Gasteiger partial charge in [-0.3, -0.25) is 4.79 Å². The minimum absolute atomic E-state index is 0.0517. The number of primary sulfonamides is 1. The number of likely N-dealkylation sites (tertiary alicyclic amines) is 2. The van der Waals surface area contributed by atoms with Gasteiger partial charge in [-0.1, -0.05) is 11.6 Å². The Morgan fingerprint density at radius 1 is 0.943 bits per heavy atom. The molecular formula is C22H24ClN3O7S2. The fourth-order valence-corrected chi connectivity index (χ4v) is 5.98. The van der Waals surface area contributed by atoms with Crippen molar-refractivity contribution in [1.82, 2.24) is 9.80 Å². The van der Waals surface area contributed by atoms with Crippen LogP contribution >= 0.6 is 11.6 Å². The van der Waals surface area contributed by atoms with Crippen molar-refractivity contribution < 1.29 is 31.2 Å². The number of sulfonamides is 1. The molecule has 2 fully saturated rings. The summed E-state index contributed by atoms with van der Waals surface area (Å²) in [5, 5.41) is 5.33. The third-order valence-corrected chi connectivity index (χ3v) is 8.42. The van der Waals surface area contributed by atoms with E-state index in [1.54, 1.807) is 15.9 Å². The van der Waals surface area contributed by atoms with Gasteiger partial charge in [-0.05, 0) is 48.0 Å². The van der Waals surface area contributed by atoms with Crippen molar-refractivity contribution in [3.05, 3.63) is 58.6 Å². The fraction of sp³-hybridized carbons (Fsp3) is 0.364. The zero-order valence-corrected chi connectivity index (χ0v) is 21.1. The first kappa shape index (κ1) is 25.4. The highest BCUT2D eigenvalue weighted by atomic mass is 35.5. The number of nitrogens with two attached hydrogens (primary N) is 1. The van der Waals surface area contributed by atoms with Crippen LogP contribution in [0.15, 0.2) is 52.3 Å². The smallest absolute Gasteiger partial charge is 0.410 e. The number of carbonyl (C=O) groups is 2. The molecule has 13 heteroatoms. The molecule has 2 aromatic carbocycles. The van der Waals surface area contributed by atoms with Crippen LogP contribution < -0.4 is 5.14 Å². The standard InChI is InChI=1S/C22H24ClN3O7S2/c1-34(29,30)20-7-14(6-18(23)8-20)13-33-22(28)26-11-16-9-25(10-17(16)12-26)21(27)15-2-4-19(5-3-15)35(24,31)32/h2-8,16-17H,9-13H2,1H3,(H2,24,31,32)/t16-,17-/m0/s1. The van der Waals surface area contributed by atoms with Crippen LogP contribution in [-0.4, -0.2) is 71.1 Å². The Balaban J connectivity index is 1.32. The van der Waals surface area contributed by atoms with Gasteiger partial charge >= 0.3 is 6.09 Å². The molecule has 0 spiro atoms. The molecule has 2 aromatic rings. The molecule has 2 saturated heterocycles. The summed E-state index contributed by atoms with van der Waals surface area (Å²) in [6, 6.07) is 9.78. The Kier molecular flexibility index (Phi) is 6.84. The first-order chi connectivity index (χ1) is 16.3. The zero-order chi connectivity index (χ0) is 25.5. The minimum Gasteiger partial charge on any atom is -0.445 e. The largest absolute Gasteiger partial charge is 0.445 e. The van der Waals surface area contributed by atoms with Gasteiger partial charge < -0.3 is 14.5 Å². The number of sulfone groups is 1. The Labute approximate surface area is 208 Å². The summed E-state index contributed by atoms with van der Waals surface area (Å²) in [6.45, 7) is 1.68. The van der Waals surface area contributed by atoms with Gasteiger partial charge in [0.05, 0.1) is 9.79 Å². The number of hydrogen-bond acceptors (Lipinski definition) is 7. The molecule has 2 aliphatic rings. The second-order valence-electron chi connectivity index (χ2n) is 8.83. The number of carbonyl (C=O) groups excluding carboxylic acids is 2. The monoisotopic (exact) mass is 541 g/mol. The van der Waals surface area contributed by atoms with E-state index in [0.717, 1.165) is 6.26 Å². The van der Waals surface area contributed by atoms with E-state index in [1.807, 2.05) is 0 Å². The lowest BCUT2D eigenvalue weighted by Crippen LogP contribution is -2.35. The highest BCUT2D eigenvalue weighted by Gasteiger charge is 2.43. The van der Waals surface area contributed by atoms with Gasteiger partial charge in [0.2, 0.25) is 10.0 Å². The molecule has 4 rings (SSSR count). The van der Waals surface area contributed by atoms with Crippen molar-refractivity contribution >= 4 is 43.5 Å². The van der Waals surface area contributed by atoms with Gasteiger partial charge in [0.25, 0.3) is 5.91 Å². The van der Waals surface area contributed by atoms with Crippen LogP contribution in [-0.2, 0) is 31.2 Å². The van der Waals surface area contributed by atoms with E-state index in [1.165, 1.54) is 36.4 Å². The van der Waals surface area contributed by atoms with E-state index < -0.39 is 26.0 Å². The molecule has 0 radical (unpaired) electrons. The molecule has 0 unspecified atom stereocenters. The molecule has 0 saturated carbocycles. The lowest BCUT2D eigenvalue weighted by molar-refractivity contribution is 0.0764. The number of ether oxygens (including phenoxy) is 1. The van der Waals surface area contributed by atoms with Crippen LogP contribution in [0.25, 0.3) is 0 Å². The van der Waals surface area contributed by atoms with Crippen LogP contribution in [0.3, 0.4) is 0 Å². The van der Waals surface area contributed by atoms with Gasteiger partial charge in [-0.25, -0.2) is 26.8 Å². The van der Waals surface area contributed by atoms with Crippen LogP contribution in [0.2, 0.25) is 5.02 Å². The van der Waals surface area contributed by atoms with E-state index in [2.05, 4.69) is 0 Å². The number of amides is 2. The van der Waals surface area contributed by atoms with Crippen molar-refractivity contribution in [2.75, 3.05) is 32.4 Å². The maximum absolute atomic E-state index is 12.8. The van der Waals surface area contributed by atoms with E-state index in [9.17, 15) is 26.4 Å². The van der Waals surface area contributed by atoms with E-state index in [-0.39, 0.29) is 39.2 Å². The number of hydrogen-bond donors (Lipinski definition) is 1. The molecular weight excluding hydrogens is 518 g/mol. The molecule has 10 nitrogen and oxygen atoms in total. The second kappa shape index (κ2) is 9.41. The van der Waals surface area contributed by atoms with E-state index in [0.29, 0.717) is 37.3 Å². The van der Waals surface area contributed by atoms with Crippen LogP contribution in [0.1, 0.15) is 15.9 Å². The van der Waals surface area contributed by atoms with Gasteiger partial charge in [0.15, 0.2) is 9.84 Å². The van der Waals surface area contributed by atoms with Crippen LogP contribution in [0, 0.1) is 11.8 Å². The molecule has 2 aliphatic heterocycles. The quantitative estimate of drug-likeness (QED) is 0.607. The summed E-state index contributed by atoms with van der Waals surface area (Å²) in [5.41, 5.74) is 0.833. The second-order valence-corrected chi connectivity index (χ2v) is 12.8. The lowest BCUT2D eigenvalue weighted by atomic mass is 10.0. The molecule has 0 aromatic heterocycles. The number of nitrogens with zero attached hydrogens (tertiary/aromatic N) is 2. The molecule has 2 N–H and O–H groups in total. The topological polar surface area (TPSA) is 144 Å². The molecule has 35 heavy (non-hydrogen) atoms. The van der Waals surface area contributed by atoms with Crippen molar-refractivity contribution in [2.24, 2.45) is 17.0 Å². The first-order valence-corrected chi connectivity index (χ1v) is 14.5. The number of rotatable bonds is 5. The normalized spacial score (nSPS) is 20.1.